The molecule has 3 heterocycles. The molecule has 2 bridgehead atoms. The second kappa shape index (κ2) is 9.49. The first-order chi connectivity index (χ1) is 18.6. The summed E-state index contributed by atoms with van der Waals surface area (Å²) in [6.45, 7) is 22.5. The third-order valence-electron chi connectivity index (χ3n) is 10.1. The monoisotopic (exact) mass is 582 g/mol. The fourth-order valence-corrected chi connectivity index (χ4v) is 13.5. The van der Waals surface area contributed by atoms with Gasteiger partial charge in [-0.15, -0.1) is 0 Å². The summed E-state index contributed by atoms with van der Waals surface area (Å²) in [7, 11) is 1.30. The van der Waals surface area contributed by atoms with Gasteiger partial charge in [0.25, 0.3) is 0 Å². The summed E-state index contributed by atoms with van der Waals surface area (Å²) in [4.78, 5) is 6.78. The Labute approximate surface area is 249 Å². The Kier molecular flexibility index (Phi) is 7.16. The number of aliphatic imine (C=N–C) groups is 1. The molecule has 5 atom stereocenters. The second-order valence-electron chi connectivity index (χ2n) is 16.8. The largest absolute Gasteiger partial charge is 0.385 e. The summed E-state index contributed by atoms with van der Waals surface area (Å²) in [5, 5.41) is 12.3. The van der Waals surface area contributed by atoms with Crippen LogP contribution in [0.4, 0.5) is 5.69 Å². The number of ether oxygens (including phenoxy) is 1. The van der Waals surface area contributed by atoms with Gasteiger partial charge in [0, 0.05) is 42.6 Å². The number of aliphatic hydroxyl groups is 1. The number of allylic oxidation sites excluding steroid dienone is 2. The molecule has 3 aliphatic heterocycles. The van der Waals surface area contributed by atoms with E-state index in [0.29, 0.717) is 18.3 Å². The van der Waals surface area contributed by atoms with Crippen LogP contribution in [0.5, 0.6) is 0 Å². The molecule has 0 aromatic heterocycles. The molecule has 3 saturated heterocycles. The predicted molar refractivity (Wildman–Crippen MR) is 170 cm³/mol. The maximum Gasteiger partial charge on any atom is 0.350 e. The molecule has 0 saturated carbocycles. The van der Waals surface area contributed by atoms with Gasteiger partial charge in [0.2, 0.25) is 0 Å². The van der Waals surface area contributed by atoms with Crippen LogP contribution in [0, 0.1) is 5.41 Å². The zero-order valence-corrected chi connectivity index (χ0v) is 28.6. The Morgan fingerprint density at radius 2 is 1.51 bits per heavy atom. The van der Waals surface area contributed by atoms with E-state index in [1.165, 1.54) is 5.57 Å². The summed E-state index contributed by atoms with van der Waals surface area (Å²) in [5.74, 6) is 0. The van der Waals surface area contributed by atoms with Crippen molar-refractivity contribution >= 4 is 26.2 Å². The lowest BCUT2D eigenvalue weighted by atomic mass is 9.74. The molecule has 6 nitrogen and oxygen atoms in total. The molecule has 4 aliphatic rings. The first-order valence-electron chi connectivity index (χ1n) is 15.5. The van der Waals surface area contributed by atoms with Crippen molar-refractivity contribution in [2.24, 2.45) is 10.4 Å². The standard InChI is InChI=1S/C34H54N2O4Si/c1-29(2,3)41(30(4,5)6)38-27-28(39-41)33(10)21-34(37,20-32(27,9)40-33)24-13-14-26(35-22-36(11)12)25(19-24)23-15-17-31(7,8)18-16-23/h13-15,19,22,27-28,37H,16-18,20-21H2,1-12H3/t27-,28+,32+,33-,34?. The highest BCUT2D eigenvalue weighted by Crippen LogP contribution is 2.65. The molecule has 7 heteroatoms. The predicted octanol–water partition coefficient (Wildman–Crippen LogP) is 7.86. The van der Waals surface area contributed by atoms with Crippen LogP contribution >= 0.6 is 0 Å². The van der Waals surface area contributed by atoms with Gasteiger partial charge in [-0.3, -0.25) is 0 Å². The molecule has 0 radical (unpaired) electrons. The van der Waals surface area contributed by atoms with Gasteiger partial charge in [-0.2, -0.15) is 0 Å². The maximum atomic E-state index is 12.5. The summed E-state index contributed by atoms with van der Waals surface area (Å²) in [6, 6.07) is 6.35. The molecule has 0 spiro atoms. The molecule has 41 heavy (non-hydrogen) atoms. The van der Waals surface area contributed by atoms with Crippen LogP contribution in [0.2, 0.25) is 10.1 Å². The highest BCUT2D eigenvalue weighted by atomic mass is 28.4. The van der Waals surface area contributed by atoms with E-state index >= 15 is 0 Å². The van der Waals surface area contributed by atoms with Gasteiger partial charge in [0.1, 0.15) is 12.2 Å². The van der Waals surface area contributed by atoms with Gasteiger partial charge < -0.3 is 23.6 Å². The fourth-order valence-electron chi connectivity index (χ4n) is 8.28. The zero-order valence-electron chi connectivity index (χ0n) is 27.6. The lowest BCUT2D eigenvalue weighted by molar-refractivity contribution is -0.220. The van der Waals surface area contributed by atoms with Crippen molar-refractivity contribution in [1.29, 1.82) is 0 Å². The van der Waals surface area contributed by atoms with Crippen LogP contribution in [-0.2, 0) is 19.2 Å². The molecule has 1 unspecified atom stereocenters. The SMILES string of the molecule is CN(C)C=Nc1ccc(C2(O)C[C@@]3(C)O[C@@](C)(C2)[C@@H]2O[Si](C(C)(C)C)(C(C)(C)C)O[C@@H]23)cc1C1=CCC(C)(C)CC1. The summed E-state index contributed by atoms with van der Waals surface area (Å²) >= 11 is 0. The van der Waals surface area contributed by atoms with Crippen molar-refractivity contribution < 1.29 is 18.7 Å². The number of rotatable bonds is 4. The van der Waals surface area contributed by atoms with E-state index in [4.69, 9.17) is 18.6 Å². The fraction of sp³-hybridized carbons (Fsp3) is 0.735. The third-order valence-corrected chi connectivity index (χ3v) is 15.2. The number of benzene rings is 1. The minimum Gasteiger partial charge on any atom is -0.385 e. The van der Waals surface area contributed by atoms with Gasteiger partial charge in [0.05, 0.1) is 28.8 Å². The van der Waals surface area contributed by atoms with Crippen molar-refractivity contribution in [3.63, 3.8) is 0 Å². The van der Waals surface area contributed by atoms with E-state index < -0.39 is 25.4 Å². The first kappa shape index (κ1) is 30.9. The van der Waals surface area contributed by atoms with Gasteiger partial charge in [-0.05, 0) is 61.8 Å². The molecule has 1 aliphatic carbocycles. The smallest absolute Gasteiger partial charge is 0.350 e. The minimum absolute atomic E-state index is 0.104. The van der Waals surface area contributed by atoms with Crippen molar-refractivity contribution in [3.8, 4) is 0 Å². The highest BCUT2D eigenvalue weighted by Gasteiger charge is 2.76. The van der Waals surface area contributed by atoms with Crippen molar-refractivity contribution in [1.82, 2.24) is 4.90 Å². The number of hydrogen-bond donors (Lipinski definition) is 1. The first-order valence-corrected chi connectivity index (χ1v) is 17.3. The third kappa shape index (κ3) is 5.07. The van der Waals surface area contributed by atoms with E-state index in [-0.39, 0.29) is 22.3 Å². The van der Waals surface area contributed by atoms with Crippen molar-refractivity contribution in [2.75, 3.05) is 14.1 Å². The molecular weight excluding hydrogens is 528 g/mol. The molecular formula is C34H54N2O4Si. The molecule has 228 valence electrons. The number of nitrogens with zero attached hydrogens (tertiary/aromatic N) is 2. The van der Waals surface area contributed by atoms with Gasteiger partial charge in [-0.1, -0.05) is 67.5 Å². The Morgan fingerprint density at radius 1 is 0.951 bits per heavy atom. The topological polar surface area (TPSA) is 63.5 Å². The van der Waals surface area contributed by atoms with E-state index in [9.17, 15) is 5.11 Å². The van der Waals surface area contributed by atoms with E-state index in [1.54, 1.807) is 0 Å². The molecule has 1 N–H and O–H groups in total. The Bertz CT molecular complexity index is 1210. The molecule has 0 amide bonds. The minimum atomic E-state index is -2.68. The van der Waals surface area contributed by atoms with Crippen LogP contribution in [0.15, 0.2) is 29.3 Å². The second-order valence-corrected chi connectivity index (χ2v) is 21.5. The Morgan fingerprint density at radius 3 is 1.98 bits per heavy atom. The molecule has 3 fully saturated rings. The van der Waals surface area contributed by atoms with E-state index in [1.807, 2.05) is 25.3 Å². The van der Waals surface area contributed by atoms with Gasteiger partial charge in [0.15, 0.2) is 0 Å². The van der Waals surface area contributed by atoms with E-state index in [2.05, 4.69) is 93.5 Å². The van der Waals surface area contributed by atoms with Crippen molar-refractivity contribution in [3.05, 3.63) is 35.4 Å². The van der Waals surface area contributed by atoms with Crippen LogP contribution in [0.3, 0.4) is 0 Å². The lowest BCUT2D eigenvalue weighted by Crippen LogP contribution is -2.59. The Balaban J connectivity index is 1.54. The van der Waals surface area contributed by atoms with Gasteiger partial charge >= 0.3 is 8.56 Å². The number of hydrogen-bond acceptors (Lipinski definition) is 5. The molecule has 1 aromatic carbocycles. The van der Waals surface area contributed by atoms with Crippen LogP contribution in [0.25, 0.3) is 5.57 Å². The number of fused-ring (bicyclic) bond motifs is 5. The quantitative estimate of drug-likeness (QED) is 0.222. The molecule has 5 rings (SSSR count). The summed E-state index contributed by atoms with van der Waals surface area (Å²) in [5.41, 5.74) is 2.24. The molecule has 1 aromatic rings. The average molecular weight is 583 g/mol. The Hall–Kier alpha value is -1.51. The van der Waals surface area contributed by atoms with E-state index in [0.717, 1.165) is 36.1 Å². The van der Waals surface area contributed by atoms with Crippen LogP contribution in [0.1, 0.15) is 112 Å². The van der Waals surface area contributed by atoms with Gasteiger partial charge in [-0.25, -0.2) is 4.99 Å². The maximum absolute atomic E-state index is 12.5. The summed E-state index contributed by atoms with van der Waals surface area (Å²) < 4.78 is 21.2. The summed E-state index contributed by atoms with van der Waals surface area (Å²) in [6.07, 6.45) is 7.94. The van der Waals surface area contributed by atoms with Crippen molar-refractivity contribution in [2.45, 2.75) is 140 Å². The lowest BCUT2D eigenvalue weighted by Gasteiger charge is -2.51. The normalized spacial score (nSPS) is 36.4. The average Bonchev–Trinajstić information content (AvgIpc) is 3.32. The van der Waals surface area contributed by atoms with Crippen LogP contribution < -0.4 is 0 Å². The highest BCUT2D eigenvalue weighted by molar-refractivity contribution is 6.74. The van der Waals surface area contributed by atoms with Crippen LogP contribution in [-0.4, -0.2) is 62.4 Å². The zero-order chi connectivity index (χ0) is 30.4.